The Hall–Kier alpha value is -1.57. The summed E-state index contributed by atoms with van der Waals surface area (Å²) >= 11 is 9.78. The zero-order valence-electron chi connectivity index (χ0n) is 13.1. The highest BCUT2D eigenvalue weighted by Crippen LogP contribution is 2.40. The van der Waals surface area contributed by atoms with Crippen LogP contribution in [-0.4, -0.2) is 21.2 Å². The highest BCUT2D eigenvalue weighted by molar-refractivity contribution is 9.10. The lowest BCUT2D eigenvalue weighted by molar-refractivity contribution is 0.111. The van der Waals surface area contributed by atoms with Crippen LogP contribution in [-0.2, 0) is 11.3 Å². The Bertz CT molecular complexity index is 872. The maximum Gasteiger partial charge on any atom is 0.243 e. The van der Waals surface area contributed by atoms with Crippen molar-refractivity contribution >= 4 is 38.9 Å². The van der Waals surface area contributed by atoms with Crippen LogP contribution in [0.15, 0.2) is 27.4 Å². The molecule has 1 fully saturated rings. The van der Waals surface area contributed by atoms with Gasteiger partial charge in [0, 0.05) is 12.2 Å². The van der Waals surface area contributed by atoms with Crippen molar-refractivity contribution in [3.8, 4) is 0 Å². The Morgan fingerprint density at radius 3 is 3.08 bits per heavy atom. The quantitative estimate of drug-likeness (QED) is 0.684. The van der Waals surface area contributed by atoms with Gasteiger partial charge in [-0.1, -0.05) is 0 Å². The Balaban J connectivity index is 1.79. The minimum Gasteiger partial charge on any atom is -0.467 e. The molecule has 1 saturated heterocycles. The van der Waals surface area contributed by atoms with Crippen molar-refractivity contribution in [2.45, 2.75) is 32.4 Å². The summed E-state index contributed by atoms with van der Waals surface area (Å²) < 4.78 is 13.9. The predicted octanol–water partition coefficient (Wildman–Crippen LogP) is 4.51. The van der Waals surface area contributed by atoms with Crippen molar-refractivity contribution < 1.29 is 9.15 Å². The molecule has 3 aromatic rings. The second-order valence-electron chi connectivity index (χ2n) is 5.75. The van der Waals surface area contributed by atoms with Crippen LogP contribution in [0.5, 0.6) is 0 Å². The first kappa shape index (κ1) is 15.9. The monoisotopic (exact) mass is 410 g/mol. The Kier molecular flexibility index (Phi) is 4.24. The van der Waals surface area contributed by atoms with Crippen molar-refractivity contribution in [1.29, 1.82) is 0 Å². The summed E-state index contributed by atoms with van der Waals surface area (Å²) in [6, 6.07) is 3.76. The number of hydrogen-bond acceptors (Lipinski definition) is 5. The van der Waals surface area contributed by atoms with Crippen LogP contribution in [0.2, 0.25) is 5.28 Å². The van der Waals surface area contributed by atoms with E-state index < -0.39 is 0 Å². The molecule has 0 saturated carbocycles. The van der Waals surface area contributed by atoms with Crippen LogP contribution in [0, 0.1) is 6.92 Å². The van der Waals surface area contributed by atoms with Crippen LogP contribution in [0.4, 0.5) is 5.82 Å². The van der Waals surface area contributed by atoms with Gasteiger partial charge in [0.25, 0.3) is 0 Å². The minimum absolute atomic E-state index is 0.0813. The first-order chi connectivity index (χ1) is 11.6. The van der Waals surface area contributed by atoms with Crippen molar-refractivity contribution in [2.24, 2.45) is 0 Å². The Morgan fingerprint density at radius 2 is 2.38 bits per heavy atom. The molecule has 4 rings (SSSR count). The van der Waals surface area contributed by atoms with Gasteiger partial charge in [-0.05, 0) is 65.0 Å². The summed E-state index contributed by atoms with van der Waals surface area (Å²) in [5.74, 6) is 1.50. The second-order valence-corrected chi connectivity index (χ2v) is 6.84. The van der Waals surface area contributed by atoms with Gasteiger partial charge in [0.15, 0.2) is 5.82 Å². The third-order valence-corrected chi connectivity index (χ3v) is 5.18. The zero-order valence-corrected chi connectivity index (χ0v) is 15.4. The highest BCUT2D eigenvalue weighted by atomic mass is 79.9. The Labute approximate surface area is 152 Å². The lowest BCUT2D eigenvalue weighted by Gasteiger charge is -2.09. The van der Waals surface area contributed by atoms with E-state index in [2.05, 4.69) is 38.3 Å². The van der Waals surface area contributed by atoms with E-state index in [-0.39, 0.29) is 11.4 Å². The fraction of sp³-hybridized carbons (Fsp3) is 0.375. The number of halogens is 2. The van der Waals surface area contributed by atoms with Gasteiger partial charge in [-0.25, -0.2) is 4.52 Å². The number of anilines is 1. The summed E-state index contributed by atoms with van der Waals surface area (Å²) in [6.07, 6.45) is 3.80. The molecule has 24 heavy (non-hydrogen) atoms. The number of aryl methyl sites for hydroxylation is 1. The molecule has 4 heterocycles. The van der Waals surface area contributed by atoms with E-state index in [1.165, 1.54) is 0 Å². The van der Waals surface area contributed by atoms with E-state index in [0.29, 0.717) is 12.4 Å². The van der Waals surface area contributed by atoms with Gasteiger partial charge in [-0.2, -0.15) is 4.98 Å². The van der Waals surface area contributed by atoms with Crippen LogP contribution < -0.4 is 5.32 Å². The molecule has 1 aliphatic rings. The molecule has 8 heteroatoms. The van der Waals surface area contributed by atoms with Crippen molar-refractivity contribution in [3.63, 3.8) is 0 Å². The average molecular weight is 412 g/mol. The first-order valence-electron chi connectivity index (χ1n) is 7.77. The summed E-state index contributed by atoms with van der Waals surface area (Å²) in [5.41, 5.74) is 3.10. The highest BCUT2D eigenvalue weighted by Gasteiger charge is 2.28. The molecule has 0 aliphatic carbocycles. The molecule has 1 unspecified atom stereocenters. The van der Waals surface area contributed by atoms with E-state index >= 15 is 0 Å². The second kappa shape index (κ2) is 6.38. The van der Waals surface area contributed by atoms with Gasteiger partial charge in [-0.15, -0.1) is 5.10 Å². The number of ether oxygens (including phenoxy) is 1. The van der Waals surface area contributed by atoms with E-state index in [1.54, 1.807) is 10.8 Å². The minimum atomic E-state index is 0.0813. The molecule has 126 valence electrons. The molecule has 3 aromatic heterocycles. The number of nitrogens with one attached hydrogen (secondary N) is 1. The molecular formula is C16H16BrClN4O2. The van der Waals surface area contributed by atoms with Crippen LogP contribution in [0.25, 0.3) is 5.52 Å². The number of nitrogens with zero attached hydrogens (tertiary/aromatic N) is 3. The third-order valence-electron chi connectivity index (χ3n) is 4.25. The number of aromatic nitrogens is 3. The lowest BCUT2D eigenvalue weighted by atomic mass is 10.1. The first-order valence-corrected chi connectivity index (χ1v) is 8.94. The average Bonchev–Trinajstić information content (AvgIpc) is 3.28. The summed E-state index contributed by atoms with van der Waals surface area (Å²) in [5, 5.41) is 7.81. The fourth-order valence-electron chi connectivity index (χ4n) is 3.16. The number of furan rings is 1. The fourth-order valence-corrected chi connectivity index (χ4v) is 4.13. The predicted molar refractivity (Wildman–Crippen MR) is 94.4 cm³/mol. The van der Waals surface area contributed by atoms with Gasteiger partial charge in [0.05, 0.1) is 18.9 Å². The molecule has 0 bridgehead atoms. The number of rotatable bonds is 4. The van der Waals surface area contributed by atoms with E-state index in [4.69, 9.17) is 20.8 Å². The van der Waals surface area contributed by atoms with Gasteiger partial charge < -0.3 is 14.5 Å². The van der Waals surface area contributed by atoms with Crippen LogP contribution in [0.1, 0.15) is 35.8 Å². The van der Waals surface area contributed by atoms with Gasteiger partial charge in [0.2, 0.25) is 5.28 Å². The largest absolute Gasteiger partial charge is 0.467 e. The van der Waals surface area contributed by atoms with E-state index in [9.17, 15) is 0 Å². The number of fused-ring (bicyclic) bond motifs is 1. The molecule has 1 N–H and O–H groups in total. The van der Waals surface area contributed by atoms with Crippen molar-refractivity contribution in [2.75, 3.05) is 11.9 Å². The van der Waals surface area contributed by atoms with Crippen LogP contribution >= 0.6 is 27.5 Å². The molecule has 0 amide bonds. The van der Waals surface area contributed by atoms with E-state index in [1.807, 2.05) is 12.1 Å². The molecule has 1 aliphatic heterocycles. The molecule has 0 aromatic carbocycles. The van der Waals surface area contributed by atoms with Crippen LogP contribution in [0.3, 0.4) is 0 Å². The molecule has 1 atom stereocenters. The molecule has 0 radical (unpaired) electrons. The van der Waals surface area contributed by atoms with E-state index in [0.717, 1.165) is 46.5 Å². The van der Waals surface area contributed by atoms with Gasteiger partial charge in [-0.3, -0.25) is 0 Å². The summed E-state index contributed by atoms with van der Waals surface area (Å²) in [7, 11) is 0. The number of hydrogen-bond donors (Lipinski definition) is 1. The maximum absolute atomic E-state index is 6.12. The topological polar surface area (TPSA) is 64.6 Å². The molecular weight excluding hydrogens is 396 g/mol. The molecule has 6 nitrogen and oxygen atoms in total. The van der Waals surface area contributed by atoms with Gasteiger partial charge in [0.1, 0.15) is 15.9 Å². The van der Waals surface area contributed by atoms with Crippen molar-refractivity contribution in [3.05, 3.63) is 45.2 Å². The smallest absolute Gasteiger partial charge is 0.243 e. The lowest BCUT2D eigenvalue weighted by Crippen LogP contribution is -2.05. The zero-order chi connectivity index (χ0) is 16.7. The summed E-state index contributed by atoms with van der Waals surface area (Å²) in [6.45, 7) is 3.37. The maximum atomic E-state index is 6.12. The SMILES string of the molecule is Cc1c(C2CCCO2)c(Br)n2nc(Cl)nc(NCc3ccco3)c12. The standard InChI is InChI=1S/C16H16BrClN4O2/c1-9-12(11-5-3-7-24-11)14(17)22-13(9)15(20-16(18)21-22)19-8-10-4-2-6-23-10/h2,4,6,11H,3,5,7-8H2,1H3,(H,19,20,21). The molecule has 0 spiro atoms. The van der Waals surface area contributed by atoms with Gasteiger partial charge >= 0.3 is 0 Å². The third kappa shape index (κ3) is 2.70. The normalized spacial score (nSPS) is 17.7. The van der Waals surface area contributed by atoms with Crippen molar-refractivity contribution in [1.82, 2.24) is 14.6 Å². The summed E-state index contributed by atoms with van der Waals surface area (Å²) in [4.78, 5) is 4.36. The Morgan fingerprint density at radius 1 is 1.50 bits per heavy atom.